The molecule has 2 aliphatic heterocycles. The van der Waals surface area contributed by atoms with Crippen molar-refractivity contribution in [2.45, 2.75) is 69.2 Å². The highest BCUT2D eigenvalue weighted by Gasteiger charge is 2.39. The summed E-state index contributed by atoms with van der Waals surface area (Å²) in [6, 6.07) is 34.2. The number of carbonyl (C=O) groups is 4. The molecule has 8 rings (SSSR count). The lowest BCUT2D eigenvalue weighted by molar-refractivity contribution is -0.137. The number of aromatic nitrogens is 4. The van der Waals surface area contributed by atoms with Gasteiger partial charge in [-0.3, -0.25) is 9.59 Å². The van der Waals surface area contributed by atoms with Crippen molar-refractivity contribution in [3.05, 3.63) is 144 Å². The molecular weight excluding hydrogens is 785 g/mol. The number of likely N-dealkylation sites (tertiary alicyclic amines) is 2. The quantitative estimate of drug-likeness (QED) is 0.0893. The van der Waals surface area contributed by atoms with E-state index in [2.05, 4.69) is 51.7 Å². The molecule has 318 valence electrons. The van der Waals surface area contributed by atoms with Crippen LogP contribution in [0.15, 0.2) is 122 Å². The van der Waals surface area contributed by atoms with Crippen LogP contribution in [0.1, 0.15) is 86.3 Å². The van der Waals surface area contributed by atoms with Crippen molar-refractivity contribution in [3.63, 3.8) is 0 Å². The molecule has 2 fully saturated rings. The van der Waals surface area contributed by atoms with Gasteiger partial charge >= 0.3 is 12.2 Å². The van der Waals surface area contributed by atoms with Gasteiger partial charge in [-0.25, -0.2) is 19.6 Å². The van der Waals surface area contributed by atoms with E-state index in [-0.39, 0.29) is 36.7 Å². The van der Waals surface area contributed by atoms with E-state index >= 15 is 0 Å². The molecule has 5 N–H and O–H groups in total. The molecule has 0 saturated carbocycles. The molecule has 2 aromatic heterocycles. The average molecular weight is 835 g/mol. The fraction of sp³-hybridized carbons (Fsp3) is 0.292. The summed E-state index contributed by atoms with van der Waals surface area (Å²) in [4.78, 5) is 71.5. The number of amides is 4. The van der Waals surface area contributed by atoms with Crippen LogP contribution in [0.3, 0.4) is 0 Å². The minimum atomic E-state index is -1.21. The molecule has 6 aromatic rings. The van der Waals surface area contributed by atoms with Crippen LogP contribution < -0.4 is 11.1 Å². The summed E-state index contributed by atoms with van der Waals surface area (Å²) < 4.78 is 10.4. The van der Waals surface area contributed by atoms with E-state index in [1.807, 2.05) is 88.8 Å². The van der Waals surface area contributed by atoms with E-state index in [1.165, 1.54) is 7.11 Å². The Balaban J connectivity index is 0.901. The molecule has 62 heavy (non-hydrogen) atoms. The van der Waals surface area contributed by atoms with Crippen LogP contribution in [0.5, 0.6) is 0 Å². The highest BCUT2D eigenvalue weighted by Crippen LogP contribution is 2.37. The minimum Gasteiger partial charge on any atom is -0.453 e. The summed E-state index contributed by atoms with van der Waals surface area (Å²) in [6.07, 6.45) is 5.37. The van der Waals surface area contributed by atoms with Gasteiger partial charge in [0.1, 0.15) is 17.2 Å². The predicted octanol–water partition coefficient (Wildman–Crippen LogP) is 8.35. The van der Waals surface area contributed by atoms with E-state index in [4.69, 9.17) is 25.2 Å². The van der Waals surface area contributed by atoms with Crippen molar-refractivity contribution in [2.75, 3.05) is 20.2 Å². The van der Waals surface area contributed by atoms with Crippen LogP contribution in [0.2, 0.25) is 0 Å². The molecule has 0 aliphatic carbocycles. The fourth-order valence-corrected chi connectivity index (χ4v) is 8.72. The number of rotatable bonds is 13. The maximum Gasteiger partial charge on any atom is 0.407 e. The Hall–Kier alpha value is -7.22. The number of primary amides is 1. The lowest BCUT2D eigenvalue weighted by Crippen LogP contribution is -2.40. The topological polar surface area (TPSA) is 189 Å². The van der Waals surface area contributed by atoms with Gasteiger partial charge < -0.3 is 40.3 Å². The van der Waals surface area contributed by atoms with Crippen LogP contribution >= 0.6 is 0 Å². The molecule has 14 heteroatoms. The Kier molecular flexibility index (Phi) is 12.2. The van der Waals surface area contributed by atoms with E-state index in [9.17, 15) is 19.2 Å². The number of nitrogens with two attached hydrogens (primary N) is 1. The maximum absolute atomic E-state index is 13.8. The van der Waals surface area contributed by atoms with Crippen LogP contribution in [-0.4, -0.2) is 73.9 Å². The molecule has 4 heterocycles. The standard InChI is InChI=1S/C48H50N8O6/c1-48(62-46(49)59,36-13-7-4-8-14-36)28-43(58)56-26-10-16-41(56)45-51-30-39(53-45)35-23-19-32(20-24-35)31-17-21-34(22-18-31)38-29-50-44(52-38)40-15-9-25-55(40)42(57)27-37(54-47(60)61-2)33-11-5-3-6-12-33/h3-8,11-14,17-24,29-30,37,40-41H,9-10,15-16,25-28H2,1-2H3,(H2,49,59)(H,50,52)(H,51,53)(H,54,60)/t37-,40?,41-,48-/m0/s1. The first kappa shape index (κ1) is 41.5. The van der Waals surface area contributed by atoms with Crippen molar-refractivity contribution in [2.24, 2.45) is 5.73 Å². The Morgan fingerprint density at radius 2 is 1.21 bits per heavy atom. The van der Waals surface area contributed by atoms with Crippen LogP contribution in [0.25, 0.3) is 33.6 Å². The maximum atomic E-state index is 13.8. The third-order valence-corrected chi connectivity index (χ3v) is 12.0. The van der Waals surface area contributed by atoms with E-state index < -0.39 is 23.8 Å². The monoisotopic (exact) mass is 834 g/mol. The molecule has 1 unspecified atom stereocenters. The number of benzene rings is 4. The summed E-state index contributed by atoms with van der Waals surface area (Å²) >= 11 is 0. The number of alkyl carbamates (subject to hydrolysis) is 1. The first-order valence-corrected chi connectivity index (χ1v) is 20.9. The number of ether oxygens (including phenoxy) is 2. The lowest BCUT2D eigenvalue weighted by atomic mass is 9.91. The number of nitrogens with one attached hydrogen (secondary N) is 3. The number of imidazole rings is 2. The number of hydrogen-bond donors (Lipinski definition) is 4. The number of H-pyrrole nitrogens is 2. The van der Waals surface area contributed by atoms with Gasteiger partial charge in [-0.05, 0) is 66.0 Å². The Morgan fingerprint density at radius 3 is 1.71 bits per heavy atom. The summed E-state index contributed by atoms with van der Waals surface area (Å²) in [5.41, 5.74) is 11.5. The molecule has 0 radical (unpaired) electrons. The number of carbonyl (C=O) groups excluding carboxylic acids is 4. The molecule has 14 nitrogen and oxygen atoms in total. The number of methoxy groups -OCH3 is 1. The van der Waals surface area contributed by atoms with E-state index in [0.717, 1.165) is 70.7 Å². The van der Waals surface area contributed by atoms with E-state index in [1.54, 1.807) is 13.1 Å². The van der Waals surface area contributed by atoms with Gasteiger partial charge in [0.25, 0.3) is 0 Å². The zero-order valence-electron chi connectivity index (χ0n) is 34.8. The highest BCUT2D eigenvalue weighted by atomic mass is 16.6. The van der Waals surface area contributed by atoms with Gasteiger partial charge in [-0.2, -0.15) is 0 Å². The van der Waals surface area contributed by atoms with Crippen molar-refractivity contribution in [3.8, 4) is 33.6 Å². The first-order valence-electron chi connectivity index (χ1n) is 20.9. The second-order valence-electron chi connectivity index (χ2n) is 16.0. The number of nitrogens with zero attached hydrogens (tertiary/aromatic N) is 4. The van der Waals surface area contributed by atoms with Gasteiger partial charge in [0.05, 0.1) is 61.9 Å². The molecule has 4 aromatic carbocycles. The summed E-state index contributed by atoms with van der Waals surface area (Å²) in [6.45, 7) is 2.90. The van der Waals surface area contributed by atoms with E-state index in [0.29, 0.717) is 24.5 Å². The molecule has 2 saturated heterocycles. The van der Waals surface area contributed by atoms with Crippen LogP contribution in [0.4, 0.5) is 9.59 Å². The lowest BCUT2D eigenvalue weighted by Gasteiger charge is -2.32. The predicted molar refractivity (Wildman–Crippen MR) is 233 cm³/mol. The Bertz CT molecular complexity index is 2510. The van der Waals surface area contributed by atoms with Gasteiger partial charge in [0.15, 0.2) is 0 Å². The van der Waals surface area contributed by atoms with Gasteiger partial charge in [-0.1, -0.05) is 109 Å². The summed E-state index contributed by atoms with van der Waals surface area (Å²) in [5.74, 6) is 1.23. The molecule has 0 spiro atoms. The smallest absolute Gasteiger partial charge is 0.407 e. The molecule has 0 bridgehead atoms. The fourth-order valence-electron chi connectivity index (χ4n) is 8.72. The zero-order valence-corrected chi connectivity index (χ0v) is 34.8. The molecule has 4 amide bonds. The van der Waals surface area contributed by atoms with Crippen molar-refractivity contribution >= 4 is 24.0 Å². The third-order valence-electron chi connectivity index (χ3n) is 12.0. The average Bonchev–Trinajstić information content (AvgIpc) is 4.14. The molecule has 2 aliphatic rings. The Labute approximate surface area is 359 Å². The highest BCUT2D eigenvalue weighted by molar-refractivity contribution is 5.80. The van der Waals surface area contributed by atoms with Crippen LogP contribution in [0, 0.1) is 0 Å². The minimum absolute atomic E-state index is 0.0485. The van der Waals surface area contributed by atoms with Gasteiger partial charge in [-0.15, -0.1) is 0 Å². The SMILES string of the molecule is COC(=O)N[C@@H](CC(=O)N1CCCC1c1ncc(-c2ccc(-c3ccc(-c4cnc([C@@H]5CCCN5C(=O)C[C@](C)(OC(N)=O)c5ccccc5)[nH]4)cc3)cc2)[nH]1)c1ccccc1. The zero-order chi connectivity index (χ0) is 43.2. The summed E-state index contributed by atoms with van der Waals surface area (Å²) in [7, 11) is 1.31. The number of aromatic amines is 2. The Morgan fingerprint density at radius 1 is 0.726 bits per heavy atom. The van der Waals surface area contributed by atoms with Crippen molar-refractivity contribution < 1.29 is 28.7 Å². The molecule has 4 atom stereocenters. The largest absolute Gasteiger partial charge is 0.453 e. The van der Waals surface area contributed by atoms with Crippen molar-refractivity contribution in [1.82, 2.24) is 35.1 Å². The second-order valence-corrected chi connectivity index (χ2v) is 16.0. The normalized spacial score (nSPS) is 17.6. The van der Waals surface area contributed by atoms with Crippen LogP contribution in [-0.2, 0) is 24.7 Å². The first-order chi connectivity index (χ1) is 30.1. The summed E-state index contributed by atoms with van der Waals surface area (Å²) in [5, 5.41) is 2.81. The number of hydrogen-bond acceptors (Lipinski definition) is 8. The van der Waals surface area contributed by atoms with Gasteiger partial charge in [0, 0.05) is 13.1 Å². The molecular formula is C48H50N8O6. The van der Waals surface area contributed by atoms with Gasteiger partial charge in [0.2, 0.25) is 11.8 Å². The second kappa shape index (κ2) is 18.2. The van der Waals surface area contributed by atoms with Crippen molar-refractivity contribution in [1.29, 1.82) is 0 Å². The third kappa shape index (κ3) is 9.09.